The van der Waals surface area contributed by atoms with Crippen molar-refractivity contribution < 1.29 is 14.7 Å². The number of fused-ring (bicyclic) bond motifs is 2. The number of aliphatic carboxylic acids is 1. The summed E-state index contributed by atoms with van der Waals surface area (Å²) in [5, 5.41) is 12.3. The molecular formula is C16H17NO3S. The molecule has 21 heavy (non-hydrogen) atoms. The number of nitrogens with one attached hydrogen (secondary N) is 1. The number of hydrogen-bond donors (Lipinski definition) is 2. The van der Waals surface area contributed by atoms with Gasteiger partial charge < -0.3 is 10.4 Å². The molecule has 1 saturated carbocycles. The summed E-state index contributed by atoms with van der Waals surface area (Å²) in [7, 11) is 0. The standard InChI is InChI=1S/C16H17NO3S/c1-21-12-5-3-2-4-11(12)17-15(18)13-9-6-7-10(8-9)14(13)16(19)20/h2-7,9-10,13-14H,8H2,1H3,(H,17,18)(H,19,20)/t9-,10-,13-,14+/m0/s1. The van der Waals surface area contributed by atoms with Gasteiger partial charge in [-0.3, -0.25) is 9.59 Å². The molecule has 1 fully saturated rings. The van der Waals surface area contributed by atoms with Crippen molar-refractivity contribution in [2.75, 3.05) is 11.6 Å². The molecule has 3 rings (SSSR count). The predicted octanol–water partition coefficient (Wildman–Crippen LogP) is 2.87. The molecule has 0 radical (unpaired) electrons. The summed E-state index contributed by atoms with van der Waals surface area (Å²) in [6, 6.07) is 7.57. The van der Waals surface area contributed by atoms with Gasteiger partial charge in [-0.05, 0) is 36.6 Å². The number of carbonyl (C=O) groups is 2. The van der Waals surface area contributed by atoms with Crippen molar-refractivity contribution in [3.05, 3.63) is 36.4 Å². The Kier molecular flexibility index (Phi) is 3.76. The second kappa shape index (κ2) is 5.56. The molecule has 0 saturated heterocycles. The molecule has 2 aliphatic carbocycles. The first kappa shape index (κ1) is 14.2. The molecule has 0 spiro atoms. The Morgan fingerprint density at radius 3 is 2.52 bits per heavy atom. The molecule has 0 aromatic heterocycles. The number of allylic oxidation sites excluding steroid dienone is 2. The van der Waals surface area contributed by atoms with E-state index in [4.69, 9.17) is 0 Å². The maximum Gasteiger partial charge on any atom is 0.307 e. The van der Waals surface area contributed by atoms with E-state index in [0.717, 1.165) is 17.0 Å². The molecule has 0 heterocycles. The lowest BCUT2D eigenvalue weighted by Gasteiger charge is -2.24. The SMILES string of the molecule is CSc1ccccc1NC(=O)[C@@H]1[C@H](C(=O)O)[C@H]2C=C[C@H]1C2. The zero-order chi connectivity index (χ0) is 15.0. The number of para-hydroxylation sites is 1. The van der Waals surface area contributed by atoms with Crippen LogP contribution in [-0.4, -0.2) is 23.2 Å². The van der Waals surface area contributed by atoms with Crippen LogP contribution in [0.25, 0.3) is 0 Å². The van der Waals surface area contributed by atoms with Crippen molar-refractivity contribution in [2.45, 2.75) is 11.3 Å². The lowest BCUT2D eigenvalue weighted by atomic mass is 9.82. The smallest absolute Gasteiger partial charge is 0.307 e. The Labute approximate surface area is 127 Å². The predicted molar refractivity (Wildman–Crippen MR) is 82.2 cm³/mol. The molecule has 0 aliphatic heterocycles. The summed E-state index contributed by atoms with van der Waals surface area (Å²) in [6.07, 6.45) is 6.67. The van der Waals surface area contributed by atoms with Crippen molar-refractivity contribution in [3.63, 3.8) is 0 Å². The Balaban J connectivity index is 1.82. The van der Waals surface area contributed by atoms with E-state index in [2.05, 4.69) is 5.32 Å². The minimum absolute atomic E-state index is 0.000885. The third-order valence-corrected chi connectivity index (χ3v) is 5.21. The Morgan fingerprint density at radius 1 is 1.19 bits per heavy atom. The number of carboxylic acid groups (broad SMARTS) is 1. The second-order valence-electron chi connectivity index (χ2n) is 5.53. The largest absolute Gasteiger partial charge is 0.481 e. The van der Waals surface area contributed by atoms with E-state index in [-0.39, 0.29) is 17.7 Å². The second-order valence-corrected chi connectivity index (χ2v) is 6.38. The molecule has 1 amide bonds. The summed E-state index contributed by atoms with van der Waals surface area (Å²) in [5.41, 5.74) is 0.755. The van der Waals surface area contributed by atoms with Gasteiger partial charge in [0, 0.05) is 4.90 Å². The zero-order valence-corrected chi connectivity index (χ0v) is 12.5. The monoisotopic (exact) mass is 303 g/mol. The Morgan fingerprint density at radius 2 is 1.86 bits per heavy atom. The highest BCUT2D eigenvalue weighted by molar-refractivity contribution is 7.98. The van der Waals surface area contributed by atoms with E-state index in [0.29, 0.717) is 0 Å². The molecule has 2 aliphatic rings. The van der Waals surface area contributed by atoms with Gasteiger partial charge in [0.2, 0.25) is 5.91 Å². The van der Waals surface area contributed by atoms with Crippen LogP contribution in [0.3, 0.4) is 0 Å². The first-order valence-electron chi connectivity index (χ1n) is 6.97. The number of thioether (sulfide) groups is 1. The molecule has 4 atom stereocenters. The fourth-order valence-corrected chi connectivity index (χ4v) is 4.03. The zero-order valence-electron chi connectivity index (χ0n) is 11.7. The topological polar surface area (TPSA) is 66.4 Å². The Bertz CT molecular complexity index is 613. The van der Waals surface area contributed by atoms with Gasteiger partial charge in [-0.25, -0.2) is 0 Å². The molecule has 1 aromatic rings. The number of rotatable bonds is 4. The summed E-state index contributed by atoms with van der Waals surface area (Å²) in [6.45, 7) is 0. The average Bonchev–Trinajstić information content (AvgIpc) is 3.08. The summed E-state index contributed by atoms with van der Waals surface area (Å²) < 4.78 is 0. The van der Waals surface area contributed by atoms with Crippen LogP contribution >= 0.6 is 11.8 Å². The number of anilines is 1. The van der Waals surface area contributed by atoms with Gasteiger partial charge in [-0.1, -0.05) is 24.3 Å². The van der Waals surface area contributed by atoms with Crippen LogP contribution in [0.4, 0.5) is 5.69 Å². The molecular weight excluding hydrogens is 286 g/mol. The van der Waals surface area contributed by atoms with E-state index >= 15 is 0 Å². The highest BCUT2D eigenvalue weighted by Crippen LogP contribution is 2.48. The maximum absolute atomic E-state index is 12.6. The Hall–Kier alpha value is -1.75. The number of carbonyl (C=O) groups excluding carboxylic acids is 1. The lowest BCUT2D eigenvalue weighted by Crippen LogP contribution is -2.36. The van der Waals surface area contributed by atoms with Gasteiger partial charge in [0.15, 0.2) is 0 Å². The minimum Gasteiger partial charge on any atom is -0.481 e. The first-order valence-corrected chi connectivity index (χ1v) is 8.19. The fraction of sp³-hybridized carbons (Fsp3) is 0.375. The van der Waals surface area contributed by atoms with Gasteiger partial charge >= 0.3 is 5.97 Å². The molecule has 2 N–H and O–H groups in total. The summed E-state index contributed by atoms with van der Waals surface area (Å²) >= 11 is 1.56. The highest BCUT2D eigenvalue weighted by atomic mass is 32.2. The van der Waals surface area contributed by atoms with Crippen molar-refractivity contribution in [1.29, 1.82) is 0 Å². The van der Waals surface area contributed by atoms with Crippen molar-refractivity contribution in [2.24, 2.45) is 23.7 Å². The van der Waals surface area contributed by atoms with Gasteiger partial charge in [0.1, 0.15) is 0 Å². The number of carboxylic acids is 1. The first-order chi connectivity index (χ1) is 10.1. The molecule has 110 valence electrons. The number of hydrogen-bond acceptors (Lipinski definition) is 3. The van der Waals surface area contributed by atoms with Crippen molar-refractivity contribution in [1.82, 2.24) is 0 Å². The van der Waals surface area contributed by atoms with Crippen LogP contribution in [0, 0.1) is 23.7 Å². The van der Waals surface area contributed by atoms with Crippen LogP contribution in [0.2, 0.25) is 0 Å². The van der Waals surface area contributed by atoms with Crippen molar-refractivity contribution >= 4 is 29.3 Å². The molecule has 4 nitrogen and oxygen atoms in total. The van der Waals surface area contributed by atoms with Gasteiger partial charge in [-0.15, -0.1) is 11.8 Å². The van der Waals surface area contributed by atoms with Gasteiger partial charge in [0.25, 0.3) is 0 Å². The van der Waals surface area contributed by atoms with E-state index < -0.39 is 17.8 Å². The maximum atomic E-state index is 12.6. The van der Waals surface area contributed by atoms with Crippen LogP contribution in [0.5, 0.6) is 0 Å². The average molecular weight is 303 g/mol. The normalized spacial score (nSPS) is 29.6. The highest BCUT2D eigenvalue weighted by Gasteiger charge is 2.51. The van der Waals surface area contributed by atoms with Crippen LogP contribution in [-0.2, 0) is 9.59 Å². The number of amides is 1. The minimum atomic E-state index is -0.870. The summed E-state index contributed by atoms with van der Waals surface area (Å²) in [4.78, 5) is 25.0. The van der Waals surface area contributed by atoms with Crippen molar-refractivity contribution in [3.8, 4) is 0 Å². The van der Waals surface area contributed by atoms with E-state index in [1.54, 1.807) is 11.8 Å². The number of benzene rings is 1. The van der Waals surface area contributed by atoms with E-state index in [1.807, 2.05) is 42.7 Å². The van der Waals surface area contributed by atoms with Gasteiger partial charge in [0.05, 0.1) is 17.5 Å². The van der Waals surface area contributed by atoms with Crippen LogP contribution in [0.1, 0.15) is 6.42 Å². The van der Waals surface area contributed by atoms with E-state index in [9.17, 15) is 14.7 Å². The molecule has 0 unspecified atom stereocenters. The molecule has 2 bridgehead atoms. The van der Waals surface area contributed by atoms with Crippen LogP contribution in [0.15, 0.2) is 41.3 Å². The lowest BCUT2D eigenvalue weighted by molar-refractivity contribution is -0.146. The molecule has 5 heteroatoms. The quantitative estimate of drug-likeness (QED) is 0.663. The summed E-state index contributed by atoms with van der Waals surface area (Å²) in [5.74, 6) is -2.06. The van der Waals surface area contributed by atoms with Gasteiger partial charge in [-0.2, -0.15) is 0 Å². The molecule has 1 aromatic carbocycles. The van der Waals surface area contributed by atoms with E-state index in [1.165, 1.54) is 0 Å². The third-order valence-electron chi connectivity index (χ3n) is 4.41. The third kappa shape index (κ3) is 2.46. The van der Waals surface area contributed by atoms with Crippen LogP contribution < -0.4 is 5.32 Å². The fourth-order valence-electron chi connectivity index (χ4n) is 3.48.